The summed E-state index contributed by atoms with van der Waals surface area (Å²) in [6, 6.07) is 13.3. The van der Waals surface area contributed by atoms with Gasteiger partial charge in [0.2, 0.25) is 0 Å². The Morgan fingerprint density at radius 2 is 1.70 bits per heavy atom. The normalized spacial score (nSPS) is 11.2. The molecule has 2 rings (SSSR count). The Hall–Kier alpha value is -2.33. The first-order chi connectivity index (χ1) is 11.0. The van der Waals surface area contributed by atoms with E-state index in [0.717, 1.165) is 28.1 Å². The molecule has 2 N–H and O–H groups in total. The van der Waals surface area contributed by atoms with Gasteiger partial charge in [-0.15, -0.1) is 0 Å². The van der Waals surface area contributed by atoms with Crippen LogP contribution >= 0.6 is 11.6 Å². The molecule has 0 aliphatic rings. The first kappa shape index (κ1) is 17.0. The second-order valence-corrected chi connectivity index (χ2v) is 5.80. The number of nitrogens with one attached hydrogen (secondary N) is 2. The van der Waals surface area contributed by atoms with E-state index in [1.54, 1.807) is 12.1 Å². The molecule has 4 nitrogen and oxygen atoms in total. The second-order valence-electron chi connectivity index (χ2n) is 5.36. The summed E-state index contributed by atoms with van der Waals surface area (Å²) in [4.78, 5) is 11.9. The van der Waals surface area contributed by atoms with Crippen molar-refractivity contribution in [1.29, 1.82) is 0 Å². The van der Waals surface area contributed by atoms with Crippen molar-refractivity contribution in [3.63, 3.8) is 0 Å². The average Bonchev–Trinajstić information content (AvgIpc) is 2.53. The van der Waals surface area contributed by atoms with Gasteiger partial charge in [0.25, 0.3) is 5.91 Å². The Morgan fingerprint density at radius 1 is 1.09 bits per heavy atom. The second kappa shape index (κ2) is 7.79. The summed E-state index contributed by atoms with van der Waals surface area (Å²) >= 11 is 5.85. The fraction of sp³-hybridized carbons (Fsp3) is 0.222. The van der Waals surface area contributed by atoms with Crippen LogP contribution in [0.25, 0.3) is 0 Å². The first-order valence-electron chi connectivity index (χ1n) is 7.36. The third-order valence-corrected chi connectivity index (χ3v) is 3.77. The first-order valence-corrected chi connectivity index (χ1v) is 7.74. The van der Waals surface area contributed by atoms with Gasteiger partial charge < -0.3 is 5.32 Å². The lowest BCUT2D eigenvalue weighted by Gasteiger charge is -2.11. The molecule has 0 heterocycles. The molecular weight excluding hydrogens is 310 g/mol. The van der Waals surface area contributed by atoms with Gasteiger partial charge in [-0.25, -0.2) is 5.43 Å². The molecular formula is C18H20ClN3O. The number of aryl methyl sites for hydroxylation is 2. The highest BCUT2D eigenvalue weighted by atomic mass is 35.5. The molecule has 2 aromatic carbocycles. The molecule has 0 spiro atoms. The Morgan fingerprint density at radius 3 is 2.30 bits per heavy atom. The lowest BCUT2D eigenvalue weighted by molar-refractivity contribution is -0.119. The van der Waals surface area contributed by atoms with Crippen molar-refractivity contribution in [3.8, 4) is 0 Å². The van der Waals surface area contributed by atoms with Gasteiger partial charge in [-0.3, -0.25) is 4.79 Å². The van der Waals surface area contributed by atoms with E-state index in [1.807, 2.05) is 51.1 Å². The van der Waals surface area contributed by atoms with Gasteiger partial charge >= 0.3 is 0 Å². The molecule has 0 bridgehead atoms. The zero-order valence-electron chi connectivity index (χ0n) is 13.5. The highest BCUT2D eigenvalue weighted by molar-refractivity contribution is 6.30. The van der Waals surface area contributed by atoms with Crippen LogP contribution in [0.15, 0.2) is 47.6 Å². The molecule has 0 saturated heterocycles. The Balaban J connectivity index is 1.92. The van der Waals surface area contributed by atoms with E-state index in [-0.39, 0.29) is 12.5 Å². The van der Waals surface area contributed by atoms with Crippen LogP contribution in [-0.4, -0.2) is 18.2 Å². The number of nitrogens with zero attached hydrogens (tertiary/aromatic N) is 1. The predicted molar refractivity (Wildman–Crippen MR) is 96.2 cm³/mol. The van der Waals surface area contributed by atoms with Gasteiger partial charge in [-0.05, 0) is 49.6 Å². The van der Waals surface area contributed by atoms with E-state index >= 15 is 0 Å². The van der Waals surface area contributed by atoms with Crippen molar-refractivity contribution in [3.05, 3.63) is 64.2 Å². The van der Waals surface area contributed by atoms with Crippen LogP contribution in [0.1, 0.15) is 23.6 Å². The Bertz CT molecular complexity index is 703. The van der Waals surface area contributed by atoms with E-state index in [0.29, 0.717) is 5.02 Å². The molecule has 2 aromatic rings. The summed E-state index contributed by atoms with van der Waals surface area (Å²) in [6.07, 6.45) is 0. The van der Waals surface area contributed by atoms with Gasteiger partial charge in [-0.1, -0.05) is 41.9 Å². The van der Waals surface area contributed by atoms with Crippen LogP contribution in [0.2, 0.25) is 5.02 Å². The van der Waals surface area contributed by atoms with E-state index in [2.05, 4.69) is 15.8 Å². The number of halogens is 1. The van der Waals surface area contributed by atoms with Crippen molar-refractivity contribution in [2.45, 2.75) is 20.8 Å². The summed E-state index contributed by atoms with van der Waals surface area (Å²) in [5.41, 5.74) is 7.40. The summed E-state index contributed by atoms with van der Waals surface area (Å²) in [6.45, 7) is 6.03. The summed E-state index contributed by atoms with van der Waals surface area (Å²) < 4.78 is 0. The SMILES string of the molecule is C/C(=N/NC(=O)CNc1c(C)cccc1C)c1ccc(Cl)cc1. The number of anilines is 1. The third kappa shape index (κ3) is 4.83. The minimum atomic E-state index is -0.194. The number of para-hydroxylation sites is 1. The highest BCUT2D eigenvalue weighted by Gasteiger charge is 2.05. The predicted octanol–water partition coefficient (Wildman–Crippen LogP) is 3.91. The van der Waals surface area contributed by atoms with Gasteiger partial charge in [-0.2, -0.15) is 5.10 Å². The summed E-state index contributed by atoms with van der Waals surface area (Å²) in [5.74, 6) is -0.194. The maximum Gasteiger partial charge on any atom is 0.259 e. The zero-order valence-corrected chi connectivity index (χ0v) is 14.2. The van der Waals surface area contributed by atoms with Crippen LogP contribution in [0, 0.1) is 13.8 Å². The Kier molecular flexibility index (Phi) is 5.77. The largest absolute Gasteiger partial charge is 0.376 e. The molecule has 0 aliphatic carbocycles. The number of rotatable bonds is 5. The van der Waals surface area contributed by atoms with Crippen molar-refractivity contribution in [2.75, 3.05) is 11.9 Å². The Labute approximate surface area is 141 Å². The summed E-state index contributed by atoms with van der Waals surface area (Å²) in [5, 5.41) is 7.94. The number of benzene rings is 2. The monoisotopic (exact) mass is 329 g/mol. The van der Waals surface area contributed by atoms with Gasteiger partial charge in [0, 0.05) is 10.7 Å². The standard InChI is InChI=1S/C18H20ClN3O/c1-12-5-4-6-13(2)18(12)20-11-17(23)22-21-14(3)15-7-9-16(19)10-8-15/h4-10,20H,11H2,1-3H3,(H,22,23)/b21-14-. The van der Waals surface area contributed by atoms with E-state index < -0.39 is 0 Å². The fourth-order valence-electron chi connectivity index (χ4n) is 2.20. The van der Waals surface area contributed by atoms with Gasteiger partial charge in [0.05, 0.1) is 12.3 Å². The van der Waals surface area contributed by atoms with E-state index in [4.69, 9.17) is 11.6 Å². The number of carbonyl (C=O) groups excluding carboxylic acids is 1. The van der Waals surface area contributed by atoms with Crippen LogP contribution < -0.4 is 10.7 Å². The number of hydrogen-bond acceptors (Lipinski definition) is 3. The molecule has 23 heavy (non-hydrogen) atoms. The highest BCUT2D eigenvalue weighted by Crippen LogP contribution is 2.18. The molecule has 0 atom stereocenters. The average molecular weight is 330 g/mol. The van der Waals surface area contributed by atoms with Crippen molar-refractivity contribution < 1.29 is 4.79 Å². The maximum atomic E-state index is 11.9. The molecule has 0 saturated carbocycles. The van der Waals surface area contributed by atoms with Crippen LogP contribution in [0.3, 0.4) is 0 Å². The minimum Gasteiger partial charge on any atom is -0.376 e. The molecule has 0 radical (unpaired) electrons. The van der Waals surface area contributed by atoms with E-state index in [1.165, 1.54) is 0 Å². The van der Waals surface area contributed by atoms with Crippen LogP contribution in [0.5, 0.6) is 0 Å². The molecule has 0 fully saturated rings. The number of hydrogen-bond donors (Lipinski definition) is 2. The van der Waals surface area contributed by atoms with Crippen molar-refractivity contribution in [2.24, 2.45) is 5.10 Å². The van der Waals surface area contributed by atoms with Gasteiger partial charge in [0.1, 0.15) is 0 Å². The molecule has 1 amide bonds. The molecule has 0 aliphatic heterocycles. The minimum absolute atomic E-state index is 0.170. The topological polar surface area (TPSA) is 53.5 Å². The maximum absolute atomic E-state index is 11.9. The lowest BCUT2D eigenvalue weighted by atomic mass is 10.1. The van der Waals surface area contributed by atoms with Crippen molar-refractivity contribution in [1.82, 2.24) is 5.43 Å². The van der Waals surface area contributed by atoms with Crippen molar-refractivity contribution >= 4 is 28.9 Å². The molecule has 0 unspecified atom stereocenters. The lowest BCUT2D eigenvalue weighted by Crippen LogP contribution is -2.27. The van der Waals surface area contributed by atoms with Crippen LogP contribution in [0.4, 0.5) is 5.69 Å². The third-order valence-electron chi connectivity index (χ3n) is 3.52. The number of amides is 1. The van der Waals surface area contributed by atoms with Crippen LogP contribution in [-0.2, 0) is 4.79 Å². The quantitative estimate of drug-likeness (QED) is 0.645. The molecule has 5 heteroatoms. The zero-order chi connectivity index (χ0) is 16.8. The number of carbonyl (C=O) groups is 1. The fourth-order valence-corrected chi connectivity index (χ4v) is 2.33. The summed E-state index contributed by atoms with van der Waals surface area (Å²) in [7, 11) is 0. The van der Waals surface area contributed by atoms with E-state index in [9.17, 15) is 4.79 Å². The van der Waals surface area contributed by atoms with Gasteiger partial charge in [0.15, 0.2) is 0 Å². The molecule has 120 valence electrons. The molecule has 0 aromatic heterocycles. The number of hydrazone groups is 1. The smallest absolute Gasteiger partial charge is 0.259 e.